The highest BCUT2D eigenvalue weighted by Crippen LogP contribution is 2.11. The van der Waals surface area contributed by atoms with Crippen molar-refractivity contribution in [3.63, 3.8) is 0 Å². The molecule has 0 aromatic carbocycles. The summed E-state index contributed by atoms with van der Waals surface area (Å²) in [6, 6.07) is 0.516. The van der Waals surface area contributed by atoms with Crippen LogP contribution in [-0.2, 0) is 17.9 Å². The Morgan fingerprint density at radius 3 is 3.36 bits per heavy atom. The predicted octanol–water partition coefficient (Wildman–Crippen LogP) is 0.780. The average molecular weight is 195 g/mol. The van der Waals surface area contributed by atoms with Crippen LogP contribution in [0.2, 0.25) is 0 Å². The lowest BCUT2D eigenvalue weighted by atomic mass is 10.3. The zero-order valence-corrected chi connectivity index (χ0v) is 8.73. The van der Waals surface area contributed by atoms with Gasteiger partial charge in [0.25, 0.3) is 0 Å². The van der Waals surface area contributed by atoms with E-state index in [-0.39, 0.29) is 6.10 Å². The van der Waals surface area contributed by atoms with Gasteiger partial charge in [0.2, 0.25) is 0 Å². The second-order valence-corrected chi connectivity index (χ2v) is 3.99. The van der Waals surface area contributed by atoms with Crippen LogP contribution in [0.1, 0.15) is 19.7 Å². The number of rotatable bonds is 3. The Bertz CT molecular complexity index is 295. The molecule has 0 amide bonds. The zero-order valence-electron chi connectivity index (χ0n) is 8.73. The summed E-state index contributed by atoms with van der Waals surface area (Å²) in [6.07, 6.45) is 4.12. The molecule has 0 radical (unpaired) electrons. The largest absolute Gasteiger partial charge is 0.367 e. The Kier molecular flexibility index (Phi) is 2.84. The molecule has 0 saturated carbocycles. The standard InChI is InChI=1S/C10H17N3O/c1-8(2)12-5-9-6-13-4-3-11-10(13)7-14-9/h3-4,8-9,12H,5-7H2,1-2H3/t9-/m0/s1. The minimum absolute atomic E-state index is 0.277. The smallest absolute Gasteiger partial charge is 0.134 e. The number of fused-ring (bicyclic) bond motifs is 1. The molecule has 2 rings (SSSR count). The lowest BCUT2D eigenvalue weighted by Crippen LogP contribution is -2.38. The van der Waals surface area contributed by atoms with E-state index in [2.05, 4.69) is 28.7 Å². The Morgan fingerprint density at radius 2 is 2.57 bits per heavy atom. The molecule has 0 spiro atoms. The van der Waals surface area contributed by atoms with Gasteiger partial charge in [-0.25, -0.2) is 4.98 Å². The lowest BCUT2D eigenvalue weighted by Gasteiger charge is -2.25. The quantitative estimate of drug-likeness (QED) is 0.774. The summed E-state index contributed by atoms with van der Waals surface area (Å²) >= 11 is 0. The van der Waals surface area contributed by atoms with Gasteiger partial charge in [-0.1, -0.05) is 13.8 Å². The van der Waals surface area contributed by atoms with Crippen molar-refractivity contribution in [2.24, 2.45) is 0 Å². The van der Waals surface area contributed by atoms with Crippen LogP contribution >= 0.6 is 0 Å². The van der Waals surface area contributed by atoms with Gasteiger partial charge in [0, 0.05) is 25.0 Å². The van der Waals surface area contributed by atoms with Crippen molar-refractivity contribution in [2.45, 2.75) is 39.1 Å². The van der Waals surface area contributed by atoms with Gasteiger partial charge in [0.1, 0.15) is 12.4 Å². The molecule has 0 bridgehead atoms. The number of imidazole rings is 1. The van der Waals surface area contributed by atoms with E-state index in [0.717, 1.165) is 18.9 Å². The maximum absolute atomic E-state index is 5.67. The minimum atomic E-state index is 0.277. The van der Waals surface area contributed by atoms with Crippen LogP contribution in [0.5, 0.6) is 0 Å². The van der Waals surface area contributed by atoms with E-state index in [1.165, 1.54) is 0 Å². The SMILES string of the molecule is CC(C)NC[C@H]1Cn2ccnc2CO1. The summed E-state index contributed by atoms with van der Waals surface area (Å²) in [5.74, 6) is 1.03. The maximum Gasteiger partial charge on any atom is 0.134 e. The van der Waals surface area contributed by atoms with E-state index in [1.54, 1.807) is 0 Å². The van der Waals surface area contributed by atoms with Crippen molar-refractivity contribution in [1.29, 1.82) is 0 Å². The average Bonchev–Trinajstić information content (AvgIpc) is 2.61. The minimum Gasteiger partial charge on any atom is -0.367 e. The summed E-state index contributed by atoms with van der Waals surface area (Å²) in [7, 11) is 0. The molecule has 1 aliphatic heterocycles. The Labute approximate surface area is 84.3 Å². The molecule has 14 heavy (non-hydrogen) atoms. The first kappa shape index (κ1) is 9.68. The molecular formula is C10H17N3O. The van der Waals surface area contributed by atoms with Crippen molar-refractivity contribution in [3.05, 3.63) is 18.2 Å². The molecule has 2 heterocycles. The van der Waals surface area contributed by atoms with Crippen molar-refractivity contribution in [3.8, 4) is 0 Å². The highest BCUT2D eigenvalue weighted by atomic mass is 16.5. The van der Waals surface area contributed by atoms with Crippen LogP contribution in [0.15, 0.2) is 12.4 Å². The predicted molar refractivity (Wildman–Crippen MR) is 53.9 cm³/mol. The van der Waals surface area contributed by atoms with Gasteiger partial charge in [0.15, 0.2) is 0 Å². The van der Waals surface area contributed by atoms with Crippen LogP contribution in [0.25, 0.3) is 0 Å². The molecule has 0 saturated heterocycles. The van der Waals surface area contributed by atoms with E-state index in [4.69, 9.17) is 4.74 Å². The summed E-state index contributed by atoms with van der Waals surface area (Å²) in [6.45, 7) is 6.75. The van der Waals surface area contributed by atoms with Crippen LogP contribution in [0, 0.1) is 0 Å². The third-order valence-electron chi connectivity index (χ3n) is 2.40. The number of hydrogen-bond acceptors (Lipinski definition) is 3. The van der Waals surface area contributed by atoms with E-state index in [1.807, 2.05) is 12.4 Å². The van der Waals surface area contributed by atoms with Crippen molar-refractivity contribution in [1.82, 2.24) is 14.9 Å². The Hall–Kier alpha value is -0.870. The Balaban J connectivity index is 1.88. The van der Waals surface area contributed by atoms with Gasteiger partial charge in [-0.3, -0.25) is 0 Å². The van der Waals surface area contributed by atoms with E-state index < -0.39 is 0 Å². The fourth-order valence-electron chi connectivity index (χ4n) is 1.60. The first-order valence-corrected chi connectivity index (χ1v) is 5.10. The second kappa shape index (κ2) is 4.11. The van der Waals surface area contributed by atoms with Crippen molar-refractivity contribution >= 4 is 0 Å². The monoisotopic (exact) mass is 195 g/mol. The van der Waals surface area contributed by atoms with Crippen LogP contribution < -0.4 is 5.32 Å². The third-order valence-corrected chi connectivity index (χ3v) is 2.40. The Morgan fingerprint density at radius 1 is 1.71 bits per heavy atom. The summed E-state index contributed by atoms with van der Waals surface area (Å²) in [5, 5.41) is 3.38. The molecule has 78 valence electrons. The van der Waals surface area contributed by atoms with Crippen LogP contribution in [0.3, 0.4) is 0 Å². The van der Waals surface area contributed by atoms with Gasteiger partial charge in [-0.2, -0.15) is 0 Å². The fraction of sp³-hybridized carbons (Fsp3) is 0.700. The van der Waals surface area contributed by atoms with Gasteiger partial charge < -0.3 is 14.6 Å². The highest BCUT2D eigenvalue weighted by molar-refractivity contribution is 4.94. The normalized spacial score (nSPS) is 21.2. The number of ether oxygens (including phenoxy) is 1. The van der Waals surface area contributed by atoms with Crippen molar-refractivity contribution in [2.75, 3.05) is 6.54 Å². The van der Waals surface area contributed by atoms with E-state index in [9.17, 15) is 0 Å². The molecule has 1 atom stereocenters. The second-order valence-electron chi connectivity index (χ2n) is 3.99. The molecule has 1 N–H and O–H groups in total. The number of nitrogens with zero attached hydrogens (tertiary/aromatic N) is 2. The van der Waals surface area contributed by atoms with Gasteiger partial charge in [-0.05, 0) is 0 Å². The molecule has 1 aliphatic rings. The van der Waals surface area contributed by atoms with Crippen molar-refractivity contribution < 1.29 is 4.74 Å². The van der Waals surface area contributed by atoms with Crippen LogP contribution in [0.4, 0.5) is 0 Å². The maximum atomic E-state index is 5.67. The number of aromatic nitrogens is 2. The molecular weight excluding hydrogens is 178 g/mol. The number of nitrogens with one attached hydrogen (secondary N) is 1. The summed E-state index contributed by atoms with van der Waals surface area (Å²) < 4.78 is 7.83. The number of hydrogen-bond donors (Lipinski definition) is 1. The topological polar surface area (TPSA) is 39.1 Å². The molecule has 4 nitrogen and oxygen atoms in total. The molecule has 0 unspecified atom stereocenters. The van der Waals surface area contributed by atoms with Gasteiger partial charge in [0.05, 0.1) is 12.6 Å². The van der Waals surface area contributed by atoms with E-state index >= 15 is 0 Å². The molecule has 4 heteroatoms. The fourth-order valence-corrected chi connectivity index (χ4v) is 1.60. The molecule has 0 aliphatic carbocycles. The summed E-state index contributed by atoms with van der Waals surface area (Å²) in [5.41, 5.74) is 0. The lowest BCUT2D eigenvalue weighted by molar-refractivity contribution is 0.00200. The molecule has 0 fully saturated rings. The molecule has 1 aromatic rings. The third kappa shape index (κ3) is 2.13. The first-order chi connectivity index (χ1) is 6.75. The zero-order chi connectivity index (χ0) is 9.97. The van der Waals surface area contributed by atoms with Gasteiger partial charge in [-0.15, -0.1) is 0 Å². The van der Waals surface area contributed by atoms with Crippen LogP contribution in [-0.4, -0.2) is 28.2 Å². The highest BCUT2D eigenvalue weighted by Gasteiger charge is 2.18. The van der Waals surface area contributed by atoms with Gasteiger partial charge >= 0.3 is 0 Å². The van der Waals surface area contributed by atoms with E-state index in [0.29, 0.717) is 12.6 Å². The molecule has 1 aromatic heterocycles. The first-order valence-electron chi connectivity index (χ1n) is 5.10. The summed E-state index contributed by atoms with van der Waals surface area (Å²) in [4.78, 5) is 4.20.